The van der Waals surface area contributed by atoms with E-state index in [0.29, 0.717) is 12.1 Å². The number of nitrogens with one attached hydrogen (secondary N) is 1. The Balaban J connectivity index is 2.09. The zero-order chi connectivity index (χ0) is 17.7. The number of carbonyl (C=O) groups excluding carboxylic acids is 2. The summed E-state index contributed by atoms with van der Waals surface area (Å²) in [5, 5.41) is 6.93. The monoisotopic (exact) mass is 344 g/mol. The van der Waals surface area contributed by atoms with Gasteiger partial charge in [0.25, 0.3) is 5.91 Å². The second-order valence-corrected chi connectivity index (χ2v) is 7.12. The standard InChI is InChI=1S/C19H24N2O2S/c1-13(2)17(19(23)21(4)11-15-9-10-24-12-15)20-18(22)16-8-6-5-7-14(16)3/h5-10,12-13,17H,11H2,1-4H3,(H,20,22)/t17-/m1/s1. The van der Waals surface area contributed by atoms with Crippen LogP contribution < -0.4 is 5.32 Å². The van der Waals surface area contributed by atoms with Gasteiger partial charge in [0.1, 0.15) is 6.04 Å². The molecule has 1 atom stereocenters. The minimum atomic E-state index is -0.541. The van der Waals surface area contributed by atoms with E-state index >= 15 is 0 Å². The average molecular weight is 344 g/mol. The third kappa shape index (κ3) is 4.45. The number of thiophene rings is 1. The van der Waals surface area contributed by atoms with Crippen LogP contribution >= 0.6 is 11.3 Å². The molecule has 1 N–H and O–H groups in total. The summed E-state index contributed by atoms with van der Waals surface area (Å²) in [6.45, 7) is 6.33. The first-order valence-corrected chi connectivity index (χ1v) is 8.97. The van der Waals surface area contributed by atoms with Crippen LogP contribution in [0.15, 0.2) is 41.1 Å². The van der Waals surface area contributed by atoms with Crippen molar-refractivity contribution in [1.82, 2.24) is 10.2 Å². The van der Waals surface area contributed by atoms with E-state index in [1.54, 1.807) is 29.4 Å². The highest BCUT2D eigenvalue weighted by Gasteiger charge is 2.27. The van der Waals surface area contributed by atoms with Gasteiger partial charge in [-0.15, -0.1) is 0 Å². The van der Waals surface area contributed by atoms with Crippen LogP contribution in [0.3, 0.4) is 0 Å². The van der Waals surface area contributed by atoms with Crippen molar-refractivity contribution in [3.63, 3.8) is 0 Å². The summed E-state index contributed by atoms with van der Waals surface area (Å²) < 4.78 is 0. The number of nitrogens with zero attached hydrogens (tertiary/aromatic N) is 1. The third-order valence-corrected chi connectivity index (χ3v) is 4.72. The first kappa shape index (κ1) is 18.2. The van der Waals surface area contributed by atoms with E-state index in [2.05, 4.69) is 5.32 Å². The van der Waals surface area contributed by atoms with Gasteiger partial charge in [-0.1, -0.05) is 32.0 Å². The van der Waals surface area contributed by atoms with Crippen molar-refractivity contribution in [3.8, 4) is 0 Å². The summed E-state index contributed by atoms with van der Waals surface area (Å²) in [7, 11) is 1.77. The molecule has 0 aliphatic heterocycles. The van der Waals surface area contributed by atoms with Crippen LogP contribution in [-0.4, -0.2) is 29.8 Å². The fourth-order valence-corrected chi connectivity index (χ4v) is 3.19. The lowest BCUT2D eigenvalue weighted by molar-refractivity contribution is -0.133. The van der Waals surface area contributed by atoms with Gasteiger partial charge in [0.05, 0.1) is 0 Å². The van der Waals surface area contributed by atoms with E-state index < -0.39 is 6.04 Å². The summed E-state index contributed by atoms with van der Waals surface area (Å²) in [4.78, 5) is 27.0. The highest BCUT2D eigenvalue weighted by molar-refractivity contribution is 7.07. The number of hydrogen-bond acceptors (Lipinski definition) is 3. The quantitative estimate of drug-likeness (QED) is 0.872. The fourth-order valence-electron chi connectivity index (χ4n) is 2.53. The maximum absolute atomic E-state index is 12.8. The largest absolute Gasteiger partial charge is 0.340 e. The molecule has 24 heavy (non-hydrogen) atoms. The third-order valence-electron chi connectivity index (χ3n) is 3.99. The van der Waals surface area contributed by atoms with Crippen molar-refractivity contribution in [3.05, 3.63) is 57.8 Å². The van der Waals surface area contributed by atoms with Gasteiger partial charge in [-0.2, -0.15) is 11.3 Å². The van der Waals surface area contributed by atoms with Crippen LogP contribution in [0.1, 0.15) is 35.3 Å². The Morgan fingerprint density at radius 2 is 1.92 bits per heavy atom. The second kappa shape index (κ2) is 8.11. The van der Waals surface area contributed by atoms with Crippen molar-refractivity contribution in [2.45, 2.75) is 33.4 Å². The van der Waals surface area contributed by atoms with Gasteiger partial charge in [0.2, 0.25) is 5.91 Å². The number of rotatable bonds is 6. The molecule has 2 amide bonds. The molecule has 0 unspecified atom stereocenters. The van der Waals surface area contributed by atoms with E-state index in [1.807, 2.05) is 55.8 Å². The molecule has 0 radical (unpaired) electrons. The molecule has 5 heteroatoms. The van der Waals surface area contributed by atoms with Crippen LogP contribution in [0.4, 0.5) is 0 Å². The predicted molar refractivity (Wildman–Crippen MR) is 98.1 cm³/mol. The average Bonchev–Trinajstić information content (AvgIpc) is 3.04. The first-order chi connectivity index (χ1) is 11.4. The minimum Gasteiger partial charge on any atom is -0.340 e. The molecule has 1 aromatic carbocycles. The van der Waals surface area contributed by atoms with E-state index in [9.17, 15) is 9.59 Å². The molecule has 2 rings (SSSR count). The summed E-state index contributed by atoms with van der Waals surface area (Å²) in [6.07, 6.45) is 0. The van der Waals surface area contributed by atoms with Crippen molar-refractivity contribution in [1.29, 1.82) is 0 Å². The Labute approximate surface area is 147 Å². The Morgan fingerprint density at radius 1 is 1.21 bits per heavy atom. The predicted octanol–water partition coefficient (Wildman–Crippen LogP) is 3.47. The topological polar surface area (TPSA) is 49.4 Å². The molecule has 1 heterocycles. The zero-order valence-electron chi connectivity index (χ0n) is 14.6. The summed E-state index contributed by atoms with van der Waals surface area (Å²) >= 11 is 1.61. The Bertz CT molecular complexity index is 695. The van der Waals surface area contributed by atoms with Gasteiger partial charge >= 0.3 is 0 Å². The minimum absolute atomic E-state index is 0.00962. The van der Waals surface area contributed by atoms with E-state index in [4.69, 9.17) is 0 Å². The molecule has 4 nitrogen and oxygen atoms in total. The van der Waals surface area contributed by atoms with Gasteiger partial charge in [0.15, 0.2) is 0 Å². The molecule has 2 aromatic rings. The molecule has 128 valence electrons. The Hall–Kier alpha value is -2.14. The molecular weight excluding hydrogens is 320 g/mol. The number of likely N-dealkylation sites (N-methyl/N-ethyl adjacent to an activating group) is 1. The molecule has 0 saturated carbocycles. The van der Waals surface area contributed by atoms with Gasteiger partial charge in [0, 0.05) is 19.2 Å². The SMILES string of the molecule is Cc1ccccc1C(=O)N[C@@H](C(=O)N(C)Cc1ccsc1)C(C)C. The molecule has 0 aliphatic rings. The molecule has 0 aliphatic carbocycles. The van der Waals surface area contributed by atoms with Crippen molar-refractivity contribution in [2.75, 3.05) is 7.05 Å². The molecule has 0 fully saturated rings. The maximum Gasteiger partial charge on any atom is 0.252 e. The van der Waals surface area contributed by atoms with Gasteiger partial charge in [-0.25, -0.2) is 0 Å². The van der Waals surface area contributed by atoms with Crippen molar-refractivity contribution in [2.24, 2.45) is 5.92 Å². The highest BCUT2D eigenvalue weighted by atomic mass is 32.1. The smallest absolute Gasteiger partial charge is 0.252 e. The lowest BCUT2D eigenvalue weighted by Gasteiger charge is -2.27. The van der Waals surface area contributed by atoms with Gasteiger partial charge < -0.3 is 10.2 Å². The van der Waals surface area contributed by atoms with Gasteiger partial charge in [-0.3, -0.25) is 9.59 Å². The van der Waals surface area contributed by atoms with Crippen LogP contribution in [0, 0.1) is 12.8 Å². The second-order valence-electron chi connectivity index (χ2n) is 6.34. The van der Waals surface area contributed by atoms with Crippen LogP contribution in [0.5, 0.6) is 0 Å². The fraction of sp³-hybridized carbons (Fsp3) is 0.368. The van der Waals surface area contributed by atoms with Crippen molar-refractivity contribution >= 4 is 23.2 Å². The number of hydrogen-bond donors (Lipinski definition) is 1. The summed E-state index contributed by atoms with van der Waals surface area (Å²) in [5.74, 6) is -0.266. The van der Waals surface area contributed by atoms with E-state index in [-0.39, 0.29) is 17.7 Å². The maximum atomic E-state index is 12.8. The number of carbonyl (C=O) groups is 2. The zero-order valence-corrected chi connectivity index (χ0v) is 15.4. The Morgan fingerprint density at radius 3 is 2.50 bits per heavy atom. The first-order valence-electron chi connectivity index (χ1n) is 8.02. The van der Waals surface area contributed by atoms with Crippen LogP contribution in [-0.2, 0) is 11.3 Å². The summed E-state index contributed by atoms with van der Waals surface area (Å²) in [6, 6.07) is 8.86. The lowest BCUT2D eigenvalue weighted by Crippen LogP contribution is -2.50. The molecule has 0 saturated heterocycles. The normalized spacial score (nSPS) is 12.0. The molecule has 0 bridgehead atoms. The molecule has 1 aromatic heterocycles. The van der Waals surface area contributed by atoms with Crippen LogP contribution in [0.25, 0.3) is 0 Å². The highest BCUT2D eigenvalue weighted by Crippen LogP contribution is 2.13. The molecular formula is C19H24N2O2S. The molecule has 0 spiro atoms. The van der Waals surface area contributed by atoms with Gasteiger partial charge in [-0.05, 0) is 46.9 Å². The Kier molecular flexibility index (Phi) is 6.15. The van der Waals surface area contributed by atoms with E-state index in [1.165, 1.54) is 0 Å². The van der Waals surface area contributed by atoms with Crippen molar-refractivity contribution < 1.29 is 9.59 Å². The summed E-state index contributed by atoms with van der Waals surface area (Å²) in [5.41, 5.74) is 2.61. The number of amides is 2. The number of benzene rings is 1. The lowest BCUT2D eigenvalue weighted by atomic mass is 10.0. The van der Waals surface area contributed by atoms with E-state index in [0.717, 1.165) is 11.1 Å². The number of aryl methyl sites for hydroxylation is 1. The van der Waals surface area contributed by atoms with Crippen LogP contribution in [0.2, 0.25) is 0 Å².